The van der Waals surface area contributed by atoms with Gasteiger partial charge in [-0.1, -0.05) is 0 Å². The normalized spacial score (nSPS) is 9.71. The van der Waals surface area contributed by atoms with Crippen molar-refractivity contribution < 1.29 is 19.0 Å². The van der Waals surface area contributed by atoms with Crippen LogP contribution in [0.1, 0.15) is 10.4 Å². The molecule has 0 heterocycles. The monoisotopic (exact) mass is 303 g/mol. The van der Waals surface area contributed by atoms with Gasteiger partial charge < -0.3 is 19.5 Å². The van der Waals surface area contributed by atoms with Gasteiger partial charge in [-0.2, -0.15) is 0 Å². The van der Waals surface area contributed by atoms with Gasteiger partial charge in [0.25, 0.3) is 5.91 Å². The number of methoxy groups -OCH3 is 3. The molecule has 5 nitrogen and oxygen atoms in total. The molecule has 0 fully saturated rings. The van der Waals surface area contributed by atoms with Crippen molar-refractivity contribution >= 4 is 21.8 Å². The first kappa shape index (κ1) is 13.6. The minimum atomic E-state index is -0.240. The van der Waals surface area contributed by atoms with Gasteiger partial charge in [0.2, 0.25) is 5.75 Å². The Morgan fingerprint density at radius 1 is 1.18 bits per heavy atom. The molecule has 0 atom stereocenters. The van der Waals surface area contributed by atoms with E-state index >= 15 is 0 Å². The number of amides is 1. The fourth-order valence-electron chi connectivity index (χ4n) is 1.42. The van der Waals surface area contributed by atoms with Gasteiger partial charge in [-0.25, -0.2) is 0 Å². The Morgan fingerprint density at radius 2 is 1.76 bits per heavy atom. The zero-order chi connectivity index (χ0) is 13.0. The molecule has 0 aromatic heterocycles. The van der Waals surface area contributed by atoms with Crippen LogP contribution in [0.15, 0.2) is 10.5 Å². The molecular formula is C11H14BrNO4. The van der Waals surface area contributed by atoms with Crippen molar-refractivity contribution in [2.75, 3.05) is 28.4 Å². The summed E-state index contributed by atoms with van der Waals surface area (Å²) in [4.78, 5) is 11.7. The third kappa shape index (κ3) is 2.46. The summed E-state index contributed by atoms with van der Waals surface area (Å²) in [7, 11) is 6.05. The number of ether oxygens (including phenoxy) is 3. The van der Waals surface area contributed by atoms with E-state index in [0.717, 1.165) is 0 Å². The maximum Gasteiger partial charge on any atom is 0.252 e. The summed E-state index contributed by atoms with van der Waals surface area (Å²) in [5, 5.41) is 2.54. The SMILES string of the molecule is CNC(=O)c1cc(OC)c(OC)c(OC)c1Br. The van der Waals surface area contributed by atoms with Crippen LogP contribution in [0.4, 0.5) is 0 Å². The van der Waals surface area contributed by atoms with Crippen LogP contribution < -0.4 is 19.5 Å². The Bertz CT molecular complexity index is 434. The van der Waals surface area contributed by atoms with Crippen molar-refractivity contribution in [3.63, 3.8) is 0 Å². The molecule has 0 bridgehead atoms. The molecule has 94 valence electrons. The standard InChI is InChI=1S/C11H14BrNO4/c1-13-11(14)6-5-7(15-2)9(16-3)10(17-4)8(6)12/h5H,1-4H3,(H,13,14). The summed E-state index contributed by atoms with van der Waals surface area (Å²) < 4.78 is 16.1. The zero-order valence-corrected chi connectivity index (χ0v) is 11.7. The van der Waals surface area contributed by atoms with Crippen LogP contribution in [-0.2, 0) is 0 Å². The highest BCUT2D eigenvalue weighted by atomic mass is 79.9. The van der Waals surface area contributed by atoms with Crippen molar-refractivity contribution in [2.24, 2.45) is 0 Å². The Balaban J connectivity index is 3.50. The van der Waals surface area contributed by atoms with Crippen LogP contribution in [0, 0.1) is 0 Å². The quantitative estimate of drug-likeness (QED) is 0.922. The number of benzene rings is 1. The fraction of sp³-hybridized carbons (Fsp3) is 0.364. The van der Waals surface area contributed by atoms with Gasteiger partial charge in [-0.05, 0) is 22.0 Å². The molecule has 17 heavy (non-hydrogen) atoms. The van der Waals surface area contributed by atoms with Crippen LogP contribution in [0.5, 0.6) is 17.2 Å². The molecule has 0 unspecified atom stereocenters. The number of halogens is 1. The van der Waals surface area contributed by atoms with Crippen molar-refractivity contribution in [2.45, 2.75) is 0 Å². The van der Waals surface area contributed by atoms with Crippen LogP contribution in [0.2, 0.25) is 0 Å². The lowest BCUT2D eigenvalue weighted by atomic mass is 10.1. The smallest absolute Gasteiger partial charge is 0.252 e. The summed E-state index contributed by atoms with van der Waals surface area (Å²) in [6.07, 6.45) is 0. The van der Waals surface area contributed by atoms with Crippen molar-refractivity contribution in [3.05, 3.63) is 16.1 Å². The van der Waals surface area contributed by atoms with Crippen LogP contribution >= 0.6 is 15.9 Å². The Morgan fingerprint density at radius 3 is 2.18 bits per heavy atom. The number of hydrogen-bond acceptors (Lipinski definition) is 4. The molecule has 0 aliphatic carbocycles. The molecule has 0 aliphatic heterocycles. The van der Waals surface area contributed by atoms with Gasteiger partial charge in [0.15, 0.2) is 11.5 Å². The molecule has 1 aromatic rings. The summed E-state index contributed by atoms with van der Waals surface area (Å²) in [5.74, 6) is 1.06. The summed E-state index contributed by atoms with van der Waals surface area (Å²) in [6.45, 7) is 0. The van der Waals surface area contributed by atoms with Gasteiger partial charge >= 0.3 is 0 Å². The van der Waals surface area contributed by atoms with E-state index < -0.39 is 0 Å². The van der Waals surface area contributed by atoms with Gasteiger partial charge in [0, 0.05) is 7.05 Å². The van der Waals surface area contributed by atoms with Crippen molar-refractivity contribution in [1.29, 1.82) is 0 Å². The molecule has 1 N–H and O–H groups in total. The van der Waals surface area contributed by atoms with Crippen molar-refractivity contribution in [1.82, 2.24) is 5.32 Å². The molecule has 0 radical (unpaired) electrons. The number of carbonyl (C=O) groups is 1. The average molecular weight is 304 g/mol. The molecular weight excluding hydrogens is 290 g/mol. The molecule has 0 saturated heterocycles. The Hall–Kier alpha value is -1.43. The maximum atomic E-state index is 11.7. The second kappa shape index (κ2) is 5.77. The van der Waals surface area contributed by atoms with Gasteiger partial charge in [-0.3, -0.25) is 4.79 Å². The summed E-state index contributed by atoms with van der Waals surface area (Å²) >= 11 is 3.32. The maximum absolute atomic E-state index is 11.7. The zero-order valence-electron chi connectivity index (χ0n) is 10.1. The number of rotatable bonds is 4. The largest absolute Gasteiger partial charge is 0.493 e. The predicted octanol–water partition coefficient (Wildman–Crippen LogP) is 1.83. The lowest BCUT2D eigenvalue weighted by Crippen LogP contribution is -2.18. The third-order valence-electron chi connectivity index (χ3n) is 2.24. The summed E-state index contributed by atoms with van der Waals surface area (Å²) in [6, 6.07) is 1.59. The molecule has 1 rings (SSSR count). The molecule has 6 heteroatoms. The minimum absolute atomic E-state index is 0.240. The lowest BCUT2D eigenvalue weighted by Gasteiger charge is -2.15. The first-order chi connectivity index (χ1) is 8.10. The average Bonchev–Trinajstić information content (AvgIpc) is 2.36. The first-order valence-electron chi connectivity index (χ1n) is 4.81. The number of carbonyl (C=O) groups excluding carboxylic acids is 1. The van der Waals surface area contributed by atoms with Crippen LogP contribution in [0.3, 0.4) is 0 Å². The molecule has 0 aliphatic rings. The van der Waals surface area contributed by atoms with E-state index in [0.29, 0.717) is 27.3 Å². The highest BCUT2D eigenvalue weighted by Gasteiger charge is 2.21. The van der Waals surface area contributed by atoms with E-state index in [1.165, 1.54) is 21.3 Å². The minimum Gasteiger partial charge on any atom is -0.493 e. The first-order valence-corrected chi connectivity index (χ1v) is 5.60. The van der Waals surface area contributed by atoms with Gasteiger partial charge in [-0.15, -0.1) is 0 Å². The van der Waals surface area contributed by atoms with E-state index in [2.05, 4.69) is 21.2 Å². The van der Waals surface area contributed by atoms with Gasteiger partial charge in [0.05, 0.1) is 31.4 Å². The highest BCUT2D eigenvalue weighted by Crippen LogP contribution is 2.44. The van der Waals surface area contributed by atoms with E-state index in [9.17, 15) is 4.79 Å². The topological polar surface area (TPSA) is 56.8 Å². The van der Waals surface area contributed by atoms with Crippen LogP contribution in [0.25, 0.3) is 0 Å². The molecule has 1 amide bonds. The lowest BCUT2D eigenvalue weighted by molar-refractivity contribution is 0.0961. The molecule has 0 spiro atoms. The van der Waals surface area contributed by atoms with Crippen LogP contribution in [-0.4, -0.2) is 34.3 Å². The number of hydrogen-bond donors (Lipinski definition) is 1. The van der Waals surface area contributed by atoms with E-state index in [1.54, 1.807) is 13.1 Å². The van der Waals surface area contributed by atoms with E-state index in [-0.39, 0.29) is 5.91 Å². The number of nitrogens with one attached hydrogen (secondary N) is 1. The summed E-state index contributed by atoms with van der Waals surface area (Å²) in [5.41, 5.74) is 0.419. The molecule has 1 aromatic carbocycles. The third-order valence-corrected chi connectivity index (χ3v) is 3.03. The second-order valence-corrected chi connectivity index (χ2v) is 3.88. The molecule has 0 saturated carbocycles. The predicted molar refractivity (Wildman–Crippen MR) is 67.2 cm³/mol. The Kier molecular flexibility index (Phi) is 4.62. The Labute approximate surface area is 108 Å². The fourth-order valence-corrected chi connectivity index (χ4v) is 2.06. The van der Waals surface area contributed by atoms with Gasteiger partial charge in [0.1, 0.15) is 0 Å². The van der Waals surface area contributed by atoms with E-state index in [1.807, 2.05) is 0 Å². The second-order valence-electron chi connectivity index (χ2n) is 3.09. The van der Waals surface area contributed by atoms with E-state index in [4.69, 9.17) is 14.2 Å². The highest BCUT2D eigenvalue weighted by molar-refractivity contribution is 9.10. The van der Waals surface area contributed by atoms with Crippen molar-refractivity contribution in [3.8, 4) is 17.2 Å².